The zero-order valence-corrected chi connectivity index (χ0v) is 9.12. The molecule has 1 rings (SSSR count). The van der Waals surface area contributed by atoms with Gasteiger partial charge in [-0.3, -0.25) is 0 Å². The van der Waals surface area contributed by atoms with Crippen LogP contribution in [0.5, 0.6) is 5.75 Å². The number of halogens is 5. The van der Waals surface area contributed by atoms with Crippen molar-refractivity contribution in [2.24, 2.45) is 0 Å². The minimum atomic E-state index is -4.96. The first-order chi connectivity index (χ1) is 8.69. The molecule has 0 aliphatic rings. The second kappa shape index (κ2) is 5.68. The van der Waals surface area contributed by atoms with Crippen molar-refractivity contribution in [3.05, 3.63) is 35.4 Å². The predicted molar refractivity (Wildman–Crippen MR) is 54.8 cm³/mol. The molecule has 0 aromatic heterocycles. The molecule has 1 aromatic rings. The minimum absolute atomic E-state index is 0.362. The van der Waals surface area contributed by atoms with Crippen LogP contribution in [-0.2, 0) is 4.79 Å². The van der Waals surface area contributed by atoms with Crippen molar-refractivity contribution in [3.8, 4) is 5.75 Å². The Morgan fingerprint density at radius 1 is 1.32 bits per heavy atom. The first-order valence-electron chi connectivity index (χ1n) is 4.78. The summed E-state index contributed by atoms with van der Waals surface area (Å²) in [6, 6.07) is 2.16. The maximum atomic E-state index is 12.6. The Labute approximate surface area is 103 Å². The van der Waals surface area contributed by atoms with E-state index in [0.717, 1.165) is 18.2 Å². The SMILES string of the molecule is O=C(O)/C=C/c1cc(OC(F)(F)F)ccc1C(F)F. The second-order valence-corrected chi connectivity index (χ2v) is 3.31. The number of carbonyl (C=O) groups is 1. The summed E-state index contributed by atoms with van der Waals surface area (Å²) in [6.45, 7) is 0. The summed E-state index contributed by atoms with van der Waals surface area (Å²) in [5.41, 5.74) is -0.953. The fourth-order valence-electron chi connectivity index (χ4n) is 1.25. The van der Waals surface area contributed by atoms with E-state index in [-0.39, 0.29) is 5.56 Å². The first-order valence-corrected chi connectivity index (χ1v) is 4.78. The molecule has 0 atom stereocenters. The smallest absolute Gasteiger partial charge is 0.478 e. The molecule has 104 valence electrons. The molecule has 0 bridgehead atoms. The van der Waals surface area contributed by atoms with Crippen molar-refractivity contribution >= 4 is 12.0 Å². The van der Waals surface area contributed by atoms with Crippen molar-refractivity contribution in [2.75, 3.05) is 0 Å². The summed E-state index contributed by atoms with van der Waals surface area (Å²) in [4.78, 5) is 10.3. The van der Waals surface area contributed by atoms with Crippen LogP contribution >= 0.6 is 0 Å². The van der Waals surface area contributed by atoms with Gasteiger partial charge in [0.15, 0.2) is 0 Å². The fraction of sp³-hybridized carbons (Fsp3) is 0.182. The Morgan fingerprint density at radius 2 is 1.95 bits per heavy atom. The highest BCUT2D eigenvalue weighted by atomic mass is 19.4. The second-order valence-electron chi connectivity index (χ2n) is 3.31. The fourth-order valence-corrected chi connectivity index (χ4v) is 1.25. The zero-order valence-electron chi connectivity index (χ0n) is 9.12. The topological polar surface area (TPSA) is 46.5 Å². The van der Waals surface area contributed by atoms with Crippen molar-refractivity contribution in [1.82, 2.24) is 0 Å². The van der Waals surface area contributed by atoms with Crippen molar-refractivity contribution in [3.63, 3.8) is 0 Å². The highest BCUT2D eigenvalue weighted by Crippen LogP contribution is 2.30. The molecule has 0 spiro atoms. The van der Waals surface area contributed by atoms with Gasteiger partial charge in [0.25, 0.3) is 6.43 Å². The van der Waals surface area contributed by atoms with Gasteiger partial charge in [-0.05, 0) is 29.8 Å². The number of carboxylic acid groups (broad SMARTS) is 1. The summed E-state index contributed by atoms with van der Waals surface area (Å²) in [5.74, 6) is -2.12. The minimum Gasteiger partial charge on any atom is -0.478 e. The van der Waals surface area contributed by atoms with E-state index in [1.807, 2.05) is 0 Å². The Balaban J connectivity index is 3.14. The molecule has 0 heterocycles. The first kappa shape index (κ1) is 14.9. The standard InChI is InChI=1S/C11H7F5O3/c12-10(13)8-3-2-7(19-11(14,15)16)5-6(8)1-4-9(17)18/h1-5,10H,(H,17,18)/b4-1+. The summed E-state index contributed by atoms with van der Waals surface area (Å²) in [7, 11) is 0. The third-order valence-electron chi connectivity index (χ3n) is 1.93. The Kier molecular flexibility index (Phi) is 4.47. The van der Waals surface area contributed by atoms with Gasteiger partial charge in [-0.15, -0.1) is 13.2 Å². The molecule has 0 aliphatic carbocycles. The summed E-state index contributed by atoms with van der Waals surface area (Å²) < 4.78 is 64.6. The van der Waals surface area contributed by atoms with E-state index in [2.05, 4.69) is 4.74 Å². The number of rotatable bonds is 4. The van der Waals surface area contributed by atoms with Crippen molar-refractivity contribution < 1.29 is 36.6 Å². The lowest BCUT2D eigenvalue weighted by Gasteiger charge is -2.11. The predicted octanol–water partition coefficient (Wildman–Crippen LogP) is 3.62. The van der Waals surface area contributed by atoms with Gasteiger partial charge in [-0.2, -0.15) is 0 Å². The Hall–Kier alpha value is -2.12. The van der Waals surface area contributed by atoms with Crippen LogP contribution in [0.4, 0.5) is 22.0 Å². The van der Waals surface area contributed by atoms with E-state index in [9.17, 15) is 26.7 Å². The molecular weight excluding hydrogens is 275 g/mol. The highest BCUT2D eigenvalue weighted by molar-refractivity contribution is 5.85. The average molecular weight is 282 g/mol. The van der Waals surface area contributed by atoms with E-state index >= 15 is 0 Å². The third-order valence-corrected chi connectivity index (χ3v) is 1.93. The lowest BCUT2D eigenvalue weighted by atomic mass is 10.1. The van der Waals surface area contributed by atoms with Crippen LogP contribution < -0.4 is 4.74 Å². The van der Waals surface area contributed by atoms with Gasteiger partial charge in [0.05, 0.1) is 0 Å². The van der Waals surface area contributed by atoms with Gasteiger partial charge in [-0.1, -0.05) is 0 Å². The van der Waals surface area contributed by atoms with Crippen LogP contribution in [0.2, 0.25) is 0 Å². The molecule has 0 saturated carbocycles. The van der Waals surface area contributed by atoms with Crippen LogP contribution in [0.1, 0.15) is 17.6 Å². The van der Waals surface area contributed by atoms with Crippen molar-refractivity contribution in [1.29, 1.82) is 0 Å². The molecule has 0 saturated heterocycles. The number of alkyl halides is 5. The van der Waals surface area contributed by atoms with Crippen LogP contribution in [0.3, 0.4) is 0 Å². The van der Waals surface area contributed by atoms with Gasteiger partial charge in [-0.25, -0.2) is 13.6 Å². The third kappa shape index (κ3) is 4.94. The molecule has 1 aromatic carbocycles. The molecule has 0 radical (unpaired) electrons. The normalized spacial score (nSPS) is 12.1. The number of carboxylic acids is 1. The number of hydrogen-bond acceptors (Lipinski definition) is 2. The molecule has 0 aliphatic heterocycles. The van der Waals surface area contributed by atoms with Gasteiger partial charge >= 0.3 is 12.3 Å². The molecule has 3 nitrogen and oxygen atoms in total. The zero-order chi connectivity index (χ0) is 14.6. The quantitative estimate of drug-likeness (QED) is 0.677. The van der Waals surface area contributed by atoms with E-state index < -0.39 is 30.1 Å². The van der Waals surface area contributed by atoms with Crippen LogP contribution in [-0.4, -0.2) is 17.4 Å². The lowest BCUT2D eigenvalue weighted by molar-refractivity contribution is -0.274. The molecule has 0 fully saturated rings. The van der Waals surface area contributed by atoms with Crippen LogP contribution in [0.15, 0.2) is 24.3 Å². The highest BCUT2D eigenvalue weighted by Gasteiger charge is 2.31. The van der Waals surface area contributed by atoms with Gasteiger partial charge in [0.2, 0.25) is 0 Å². The van der Waals surface area contributed by atoms with Gasteiger partial charge < -0.3 is 9.84 Å². The molecule has 19 heavy (non-hydrogen) atoms. The van der Waals surface area contributed by atoms with Crippen molar-refractivity contribution in [2.45, 2.75) is 12.8 Å². The Morgan fingerprint density at radius 3 is 2.42 bits per heavy atom. The van der Waals surface area contributed by atoms with E-state index in [4.69, 9.17) is 5.11 Å². The van der Waals surface area contributed by atoms with E-state index in [1.165, 1.54) is 0 Å². The van der Waals surface area contributed by atoms with Gasteiger partial charge in [0.1, 0.15) is 5.75 Å². The Bertz CT molecular complexity index is 494. The average Bonchev–Trinajstić information content (AvgIpc) is 2.23. The molecule has 0 unspecified atom stereocenters. The molecular formula is C11H7F5O3. The summed E-state index contributed by atoms with van der Waals surface area (Å²) in [6.07, 6.45) is -6.60. The van der Waals surface area contributed by atoms with Gasteiger partial charge in [0, 0.05) is 11.6 Å². The molecule has 0 amide bonds. The van der Waals surface area contributed by atoms with Crippen LogP contribution in [0.25, 0.3) is 6.08 Å². The maximum Gasteiger partial charge on any atom is 0.573 e. The lowest BCUT2D eigenvalue weighted by Crippen LogP contribution is -2.17. The number of ether oxygens (including phenoxy) is 1. The van der Waals surface area contributed by atoms with E-state index in [1.54, 1.807) is 0 Å². The number of hydrogen-bond donors (Lipinski definition) is 1. The number of benzene rings is 1. The summed E-state index contributed by atoms with van der Waals surface area (Å²) in [5, 5.41) is 8.37. The molecule has 8 heteroatoms. The largest absolute Gasteiger partial charge is 0.573 e. The molecule has 1 N–H and O–H groups in total. The number of aliphatic carboxylic acids is 1. The maximum absolute atomic E-state index is 12.6. The van der Waals surface area contributed by atoms with Crippen LogP contribution in [0, 0.1) is 0 Å². The summed E-state index contributed by atoms with van der Waals surface area (Å²) >= 11 is 0. The van der Waals surface area contributed by atoms with E-state index in [0.29, 0.717) is 12.1 Å². The monoisotopic (exact) mass is 282 g/mol.